The van der Waals surface area contributed by atoms with Crippen molar-refractivity contribution in [2.24, 2.45) is 10.9 Å². The van der Waals surface area contributed by atoms with Gasteiger partial charge in [-0.15, -0.1) is 24.0 Å². The van der Waals surface area contributed by atoms with Crippen LogP contribution in [0.2, 0.25) is 0 Å². The molecule has 2 N–H and O–H groups in total. The van der Waals surface area contributed by atoms with E-state index in [9.17, 15) is 22.8 Å². The minimum Gasteiger partial charge on any atom is -0.352 e. The molecule has 2 rings (SSSR count). The van der Waals surface area contributed by atoms with Gasteiger partial charge in [-0.1, -0.05) is 19.3 Å². The molecule has 11 heteroatoms. The fourth-order valence-corrected chi connectivity index (χ4v) is 3.73. The quantitative estimate of drug-likeness (QED) is 0.322. The SMILES string of the molecule is CN=C(NCC(=O)N(C)CC(F)(F)F)NC1CCN(C(=O)C2CCCCC2)C1.I. The number of likely N-dealkylation sites (tertiary alicyclic amines) is 1. The predicted molar refractivity (Wildman–Crippen MR) is 115 cm³/mol. The Hall–Kier alpha value is -1.27. The van der Waals surface area contributed by atoms with Gasteiger partial charge in [0.1, 0.15) is 6.54 Å². The van der Waals surface area contributed by atoms with Crippen molar-refractivity contribution in [2.75, 3.05) is 40.3 Å². The molecule has 2 aliphatic rings. The fraction of sp³-hybridized carbons (Fsp3) is 0.833. The molecule has 0 aromatic carbocycles. The topological polar surface area (TPSA) is 77.0 Å². The highest BCUT2D eigenvalue weighted by molar-refractivity contribution is 14.0. The lowest BCUT2D eigenvalue weighted by Crippen LogP contribution is -2.49. The summed E-state index contributed by atoms with van der Waals surface area (Å²) in [5.41, 5.74) is 0. The van der Waals surface area contributed by atoms with Gasteiger partial charge in [-0.2, -0.15) is 13.2 Å². The van der Waals surface area contributed by atoms with Gasteiger partial charge in [-0.05, 0) is 19.3 Å². The van der Waals surface area contributed by atoms with Crippen LogP contribution in [0.4, 0.5) is 13.2 Å². The number of aliphatic imine (C=N–C) groups is 1. The molecule has 1 atom stereocenters. The molecule has 1 unspecified atom stereocenters. The van der Waals surface area contributed by atoms with E-state index in [4.69, 9.17) is 0 Å². The van der Waals surface area contributed by atoms with Crippen LogP contribution >= 0.6 is 24.0 Å². The van der Waals surface area contributed by atoms with E-state index in [-0.39, 0.29) is 48.4 Å². The summed E-state index contributed by atoms with van der Waals surface area (Å²) in [7, 11) is 2.64. The Morgan fingerprint density at radius 1 is 1.17 bits per heavy atom. The van der Waals surface area contributed by atoms with Gasteiger partial charge < -0.3 is 20.4 Å². The molecule has 168 valence electrons. The van der Waals surface area contributed by atoms with E-state index in [2.05, 4.69) is 15.6 Å². The van der Waals surface area contributed by atoms with E-state index in [1.54, 1.807) is 0 Å². The van der Waals surface area contributed by atoms with E-state index in [1.165, 1.54) is 13.5 Å². The molecular weight excluding hydrogens is 502 g/mol. The summed E-state index contributed by atoms with van der Waals surface area (Å²) >= 11 is 0. The average Bonchev–Trinajstić information content (AvgIpc) is 3.12. The van der Waals surface area contributed by atoms with Crippen LogP contribution < -0.4 is 10.6 Å². The summed E-state index contributed by atoms with van der Waals surface area (Å²) in [5, 5.41) is 5.90. The molecule has 7 nitrogen and oxygen atoms in total. The van der Waals surface area contributed by atoms with E-state index in [1.807, 2.05) is 4.90 Å². The number of hydrogen-bond donors (Lipinski definition) is 2. The fourth-order valence-electron chi connectivity index (χ4n) is 3.73. The minimum atomic E-state index is -4.43. The Kier molecular flexibility index (Phi) is 10.5. The van der Waals surface area contributed by atoms with Gasteiger partial charge >= 0.3 is 6.18 Å². The van der Waals surface area contributed by atoms with Crippen LogP contribution in [0.15, 0.2) is 4.99 Å². The van der Waals surface area contributed by atoms with Crippen LogP contribution in [0.3, 0.4) is 0 Å². The van der Waals surface area contributed by atoms with Gasteiger partial charge in [-0.25, -0.2) is 0 Å². The smallest absolute Gasteiger partial charge is 0.352 e. The first-order chi connectivity index (χ1) is 13.2. The van der Waals surface area contributed by atoms with Crippen molar-refractivity contribution in [2.45, 2.75) is 50.7 Å². The molecule has 0 spiro atoms. The van der Waals surface area contributed by atoms with Crippen molar-refractivity contribution in [1.29, 1.82) is 0 Å². The zero-order valence-corrected chi connectivity index (χ0v) is 19.3. The third kappa shape index (κ3) is 8.55. The highest BCUT2D eigenvalue weighted by atomic mass is 127. The summed E-state index contributed by atoms with van der Waals surface area (Å²) in [4.78, 5) is 31.0. The molecule has 0 bridgehead atoms. The van der Waals surface area contributed by atoms with Gasteiger partial charge in [0, 0.05) is 39.1 Å². The molecule has 1 saturated carbocycles. The largest absolute Gasteiger partial charge is 0.406 e. The summed E-state index contributed by atoms with van der Waals surface area (Å²) in [5.74, 6) is 0.00847. The number of guanidine groups is 1. The van der Waals surface area contributed by atoms with Crippen LogP contribution in [0.25, 0.3) is 0 Å². The first kappa shape index (κ1) is 25.8. The number of halogens is 4. The summed E-state index contributed by atoms with van der Waals surface area (Å²) in [6, 6.07) is 0.00162. The Bertz CT molecular complexity index is 582. The number of amides is 2. The minimum absolute atomic E-state index is 0. The first-order valence-electron chi connectivity index (χ1n) is 9.76. The zero-order chi connectivity index (χ0) is 20.7. The van der Waals surface area contributed by atoms with Gasteiger partial charge in [0.25, 0.3) is 0 Å². The second-order valence-electron chi connectivity index (χ2n) is 7.54. The maximum Gasteiger partial charge on any atom is 0.406 e. The van der Waals surface area contributed by atoms with Crippen molar-refractivity contribution >= 4 is 41.8 Å². The predicted octanol–water partition coefficient (Wildman–Crippen LogP) is 1.97. The summed E-state index contributed by atoms with van der Waals surface area (Å²) < 4.78 is 37.1. The van der Waals surface area contributed by atoms with Crippen molar-refractivity contribution in [3.05, 3.63) is 0 Å². The molecule has 0 aromatic rings. The van der Waals surface area contributed by atoms with Crippen molar-refractivity contribution < 1.29 is 22.8 Å². The van der Waals surface area contributed by atoms with E-state index < -0.39 is 18.6 Å². The van der Waals surface area contributed by atoms with Crippen LogP contribution in [0.5, 0.6) is 0 Å². The lowest BCUT2D eigenvalue weighted by atomic mass is 9.88. The second-order valence-corrected chi connectivity index (χ2v) is 7.54. The lowest BCUT2D eigenvalue weighted by Gasteiger charge is -2.26. The highest BCUT2D eigenvalue weighted by Gasteiger charge is 2.33. The Morgan fingerprint density at radius 2 is 1.83 bits per heavy atom. The molecule has 1 aliphatic heterocycles. The van der Waals surface area contributed by atoms with Gasteiger partial charge in [0.05, 0.1) is 6.54 Å². The van der Waals surface area contributed by atoms with Gasteiger partial charge in [0.15, 0.2) is 5.96 Å². The molecule has 29 heavy (non-hydrogen) atoms. The molecule has 0 aromatic heterocycles. The molecule has 1 aliphatic carbocycles. The summed E-state index contributed by atoms with van der Waals surface area (Å²) in [6.07, 6.45) is 1.68. The number of likely N-dealkylation sites (N-methyl/N-ethyl adjacent to an activating group) is 1. The average molecular weight is 533 g/mol. The number of carbonyl (C=O) groups excluding carboxylic acids is 2. The van der Waals surface area contributed by atoms with Gasteiger partial charge in [-0.3, -0.25) is 14.6 Å². The Morgan fingerprint density at radius 3 is 2.41 bits per heavy atom. The number of rotatable bonds is 5. The normalized spacial score (nSPS) is 20.8. The number of carbonyl (C=O) groups is 2. The first-order valence-corrected chi connectivity index (χ1v) is 9.76. The number of alkyl halides is 3. The van der Waals surface area contributed by atoms with E-state index in [0.29, 0.717) is 23.9 Å². The Balaban J connectivity index is 0.00000420. The number of nitrogens with one attached hydrogen (secondary N) is 2. The molecular formula is C18H31F3IN5O2. The molecule has 2 fully saturated rings. The summed E-state index contributed by atoms with van der Waals surface area (Å²) in [6.45, 7) is -0.334. The van der Waals surface area contributed by atoms with Gasteiger partial charge in [0.2, 0.25) is 11.8 Å². The molecule has 1 saturated heterocycles. The second kappa shape index (κ2) is 11.8. The van der Waals surface area contributed by atoms with Crippen molar-refractivity contribution in [1.82, 2.24) is 20.4 Å². The van der Waals surface area contributed by atoms with Crippen LogP contribution in [-0.4, -0.2) is 80.1 Å². The van der Waals surface area contributed by atoms with Crippen LogP contribution in [0.1, 0.15) is 38.5 Å². The third-order valence-electron chi connectivity index (χ3n) is 5.27. The van der Waals surface area contributed by atoms with Crippen molar-refractivity contribution in [3.63, 3.8) is 0 Å². The number of hydrogen-bond acceptors (Lipinski definition) is 3. The lowest BCUT2D eigenvalue weighted by molar-refractivity contribution is -0.157. The monoisotopic (exact) mass is 533 g/mol. The van der Waals surface area contributed by atoms with Crippen LogP contribution in [0, 0.1) is 5.92 Å². The number of nitrogens with zero attached hydrogens (tertiary/aromatic N) is 3. The standard InChI is InChI=1S/C18H30F3N5O2.HI/c1-22-17(23-10-15(27)25(2)12-18(19,20)21)24-14-8-9-26(11-14)16(28)13-6-4-3-5-7-13;/h13-14H,3-12H2,1-2H3,(H2,22,23,24);1H. The van der Waals surface area contributed by atoms with Crippen LogP contribution in [-0.2, 0) is 9.59 Å². The highest BCUT2D eigenvalue weighted by Crippen LogP contribution is 2.26. The van der Waals surface area contributed by atoms with E-state index >= 15 is 0 Å². The molecule has 0 radical (unpaired) electrons. The zero-order valence-electron chi connectivity index (χ0n) is 16.9. The van der Waals surface area contributed by atoms with E-state index in [0.717, 1.165) is 39.2 Å². The maximum atomic E-state index is 12.6. The molecule has 2 amide bonds. The maximum absolute atomic E-state index is 12.6. The molecule has 1 heterocycles. The van der Waals surface area contributed by atoms with Crippen molar-refractivity contribution in [3.8, 4) is 0 Å². The third-order valence-corrected chi connectivity index (χ3v) is 5.27. The Labute approximate surface area is 186 Å².